The van der Waals surface area contributed by atoms with Gasteiger partial charge in [0.25, 0.3) is 0 Å². The fourth-order valence-electron chi connectivity index (χ4n) is 3.40. The van der Waals surface area contributed by atoms with E-state index in [0.29, 0.717) is 11.7 Å². The van der Waals surface area contributed by atoms with Gasteiger partial charge in [0.1, 0.15) is 5.78 Å². The fraction of sp³-hybridized carbons (Fsp3) is 0.929. The van der Waals surface area contributed by atoms with Crippen molar-refractivity contribution >= 4 is 5.78 Å². The lowest BCUT2D eigenvalue weighted by Gasteiger charge is -2.28. The molecule has 0 aromatic heterocycles. The second kappa shape index (κ2) is 5.31. The molecular weight excluding hydrogens is 198 g/mol. The van der Waals surface area contributed by atoms with Gasteiger partial charge in [0.2, 0.25) is 0 Å². The largest absolute Gasteiger partial charge is 0.300 e. The number of ketones is 1. The van der Waals surface area contributed by atoms with Gasteiger partial charge in [-0.3, -0.25) is 4.79 Å². The standard InChI is InChI=1S/C14H25NO/c1-11(2)13-6-4-9-15(13)10-8-12-5-3-7-14(12)16/h11-13H,3-10H2,1-2H3. The third kappa shape index (κ3) is 2.65. The average molecular weight is 223 g/mol. The Kier molecular flexibility index (Phi) is 4.01. The lowest BCUT2D eigenvalue weighted by molar-refractivity contribution is -0.120. The van der Waals surface area contributed by atoms with Crippen molar-refractivity contribution in [3.05, 3.63) is 0 Å². The van der Waals surface area contributed by atoms with Gasteiger partial charge in [-0.25, -0.2) is 0 Å². The Bertz CT molecular complexity index is 249. The summed E-state index contributed by atoms with van der Waals surface area (Å²) in [6.45, 7) is 7.05. The van der Waals surface area contributed by atoms with Gasteiger partial charge in [-0.2, -0.15) is 0 Å². The SMILES string of the molecule is CC(C)C1CCCN1CCC1CCCC1=O. The molecule has 16 heavy (non-hydrogen) atoms. The molecule has 1 saturated heterocycles. The normalized spacial score (nSPS) is 31.8. The predicted octanol–water partition coefficient (Wildman–Crippen LogP) is 2.87. The van der Waals surface area contributed by atoms with Crippen LogP contribution in [0.3, 0.4) is 0 Å². The number of Topliss-reactive ketones (excluding diaryl/α,β-unsaturated/α-hetero) is 1. The first-order valence-electron chi connectivity index (χ1n) is 6.95. The lowest BCUT2D eigenvalue weighted by atomic mass is 9.99. The molecule has 2 fully saturated rings. The maximum Gasteiger partial charge on any atom is 0.136 e. The van der Waals surface area contributed by atoms with Crippen LogP contribution in [0, 0.1) is 11.8 Å². The molecule has 0 aromatic carbocycles. The van der Waals surface area contributed by atoms with Crippen LogP contribution in [0.25, 0.3) is 0 Å². The van der Waals surface area contributed by atoms with Crippen LogP contribution in [0.15, 0.2) is 0 Å². The molecule has 1 heterocycles. The summed E-state index contributed by atoms with van der Waals surface area (Å²) in [5.41, 5.74) is 0. The van der Waals surface area contributed by atoms with Crippen LogP contribution in [0.4, 0.5) is 0 Å². The number of hydrogen-bond acceptors (Lipinski definition) is 2. The molecule has 0 amide bonds. The zero-order valence-electron chi connectivity index (χ0n) is 10.7. The lowest BCUT2D eigenvalue weighted by Crippen LogP contribution is -2.35. The summed E-state index contributed by atoms with van der Waals surface area (Å²) in [4.78, 5) is 14.2. The molecule has 1 aliphatic carbocycles. The molecule has 0 bridgehead atoms. The van der Waals surface area contributed by atoms with Gasteiger partial charge in [0, 0.05) is 18.4 Å². The molecule has 2 aliphatic rings. The molecule has 0 spiro atoms. The Morgan fingerprint density at radius 3 is 2.75 bits per heavy atom. The van der Waals surface area contributed by atoms with Crippen molar-refractivity contribution in [1.29, 1.82) is 0 Å². The van der Waals surface area contributed by atoms with E-state index in [0.717, 1.165) is 44.2 Å². The van der Waals surface area contributed by atoms with E-state index in [1.54, 1.807) is 0 Å². The molecule has 0 radical (unpaired) electrons. The molecule has 1 saturated carbocycles. The zero-order chi connectivity index (χ0) is 11.5. The second-order valence-electron chi connectivity index (χ2n) is 5.83. The smallest absolute Gasteiger partial charge is 0.136 e. The maximum absolute atomic E-state index is 11.6. The first kappa shape index (κ1) is 12.1. The molecule has 2 unspecified atom stereocenters. The van der Waals surface area contributed by atoms with Gasteiger partial charge < -0.3 is 4.90 Å². The highest BCUT2D eigenvalue weighted by Gasteiger charge is 2.29. The van der Waals surface area contributed by atoms with Gasteiger partial charge in [0.05, 0.1) is 0 Å². The molecule has 1 aliphatic heterocycles. The maximum atomic E-state index is 11.6. The van der Waals surface area contributed by atoms with Crippen molar-refractivity contribution in [1.82, 2.24) is 4.90 Å². The third-order valence-electron chi connectivity index (χ3n) is 4.38. The van der Waals surface area contributed by atoms with E-state index in [1.807, 2.05) is 0 Å². The van der Waals surface area contributed by atoms with Gasteiger partial charge in [-0.1, -0.05) is 13.8 Å². The van der Waals surface area contributed by atoms with Crippen molar-refractivity contribution in [3.63, 3.8) is 0 Å². The minimum Gasteiger partial charge on any atom is -0.300 e. The minimum absolute atomic E-state index is 0.397. The van der Waals surface area contributed by atoms with Crippen molar-refractivity contribution in [2.24, 2.45) is 11.8 Å². The predicted molar refractivity (Wildman–Crippen MR) is 66.4 cm³/mol. The molecule has 2 atom stereocenters. The molecule has 0 aromatic rings. The highest BCUT2D eigenvalue weighted by atomic mass is 16.1. The van der Waals surface area contributed by atoms with E-state index in [9.17, 15) is 4.79 Å². The monoisotopic (exact) mass is 223 g/mol. The number of carbonyl (C=O) groups excluding carboxylic acids is 1. The number of hydrogen-bond donors (Lipinski definition) is 0. The number of likely N-dealkylation sites (tertiary alicyclic amines) is 1. The first-order valence-corrected chi connectivity index (χ1v) is 6.95. The van der Waals surface area contributed by atoms with Crippen LogP contribution in [0.1, 0.15) is 52.4 Å². The van der Waals surface area contributed by atoms with Gasteiger partial charge >= 0.3 is 0 Å². The fourth-order valence-corrected chi connectivity index (χ4v) is 3.40. The Hall–Kier alpha value is -0.370. The van der Waals surface area contributed by atoms with Crippen LogP contribution < -0.4 is 0 Å². The second-order valence-corrected chi connectivity index (χ2v) is 5.83. The highest BCUT2D eigenvalue weighted by Crippen LogP contribution is 2.28. The van der Waals surface area contributed by atoms with Crippen LogP contribution >= 0.6 is 0 Å². The van der Waals surface area contributed by atoms with E-state index in [-0.39, 0.29) is 0 Å². The van der Waals surface area contributed by atoms with Crippen molar-refractivity contribution in [2.75, 3.05) is 13.1 Å². The Morgan fingerprint density at radius 1 is 1.31 bits per heavy atom. The average Bonchev–Trinajstić information content (AvgIpc) is 2.83. The minimum atomic E-state index is 0.397. The summed E-state index contributed by atoms with van der Waals surface area (Å²) in [5.74, 6) is 1.69. The van der Waals surface area contributed by atoms with Gasteiger partial charge in [-0.15, -0.1) is 0 Å². The quantitative estimate of drug-likeness (QED) is 0.730. The van der Waals surface area contributed by atoms with E-state index in [2.05, 4.69) is 18.7 Å². The molecule has 2 heteroatoms. The molecule has 2 nitrogen and oxygen atoms in total. The van der Waals surface area contributed by atoms with Gasteiger partial charge in [-0.05, 0) is 51.1 Å². The summed E-state index contributed by atoms with van der Waals surface area (Å²) < 4.78 is 0. The number of carbonyl (C=O) groups is 1. The summed E-state index contributed by atoms with van der Waals surface area (Å²) >= 11 is 0. The summed E-state index contributed by atoms with van der Waals surface area (Å²) in [5, 5.41) is 0. The molecule has 2 rings (SSSR count). The number of nitrogens with zero attached hydrogens (tertiary/aromatic N) is 1. The topological polar surface area (TPSA) is 20.3 Å². The zero-order valence-corrected chi connectivity index (χ0v) is 10.7. The third-order valence-corrected chi connectivity index (χ3v) is 4.38. The molecule has 0 N–H and O–H groups in total. The van der Waals surface area contributed by atoms with E-state index < -0.39 is 0 Å². The van der Waals surface area contributed by atoms with Crippen LogP contribution in [0.5, 0.6) is 0 Å². The summed E-state index contributed by atoms with van der Waals surface area (Å²) in [6, 6.07) is 0.775. The molecule has 92 valence electrons. The summed E-state index contributed by atoms with van der Waals surface area (Å²) in [7, 11) is 0. The Balaban J connectivity index is 1.78. The van der Waals surface area contributed by atoms with E-state index >= 15 is 0 Å². The molecular formula is C14H25NO. The van der Waals surface area contributed by atoms with Crippen molar-refractivity contribution in [2.45, 2.75) is 58.4 Å². The highest BCUT2D eigenvalue weighted by molar-refractivity contribution is 5.82. The van der Waals surface area contributed by atoms with Crippen LogP contribution in [-0.4, -0.2) is 29.8 Å². The van der Waals surface area contributed by atoms with Crippen LogP contribution in [-0.2, 0) is 4.79 Å². The van der Waals surface area contributed by atoms with Crippen molar-refractivity contribution < 1.29 is 4.79 Å². The van der Waals surface area contributed by atoms with E-state index in [1.165, 1.54) is 19.4 Å². The number of rotatable bonds is 4. The Labute approximate surface area is 99.4 Å². The van der Waals surface area contributed by atoms with Gasteiger partial charge in [0.15, 0.2) is 0 Å². The van der Waals surface area contributed by atoms with E-state index in [4.69, 9.17) is 0 Å². The van der Waals surface area contributed by atoms with Crippen LogP contribution in [0.2, 0.25) is 0 Å². The first-order chi connectivity index (χ1) is 7.68. The van der Waals surface area contributed by atoms with Crippen molar-refractivity contribution in [3.8, 4) is 0 Å². The summed E-state index contributed by atoms with van der Waals surface area (Å²) in [6.07, 6.45) is 6.95. The Morgan fingerprint density at radius 2 is 2.12 bits per heavy atom.